The highest BCUT2D eigenvalue weighted by Crippen LogP contribution is 2.21. The molecule has 0 atom stereocenters. The molecule has 0 aromatic heterocycles. The number of carbonyl (C=O) groups excluding carboxylic acids is 1. The lowest BCUT2D eigenvalue weighted by Gasteiger charge is -2.19. The maximum atomic E-state index is 10.8. The fraction of sp³-hybridized carbons (Fsp3) is 0.533. The summed E-state index contributed by atoms with van der Waals surface area (Å²) >= 11 is 0. The molecule has 1 N–H and O–H groups in total. The summed E-state index contributed by atoms with van der Waals surface area (Å²) in [6.45, 7) is 9.86. The van der Waals surface area contributed by atoms with Gasteiger partial charge in [-0.25, -0.2) is 0 Å². The minimum absolute atomic E-state index is 0.209. The third kappa shape index (κ3) is 5.14. The third-order valence-electron chi connectivity index (χ3n) is 2.80. The van der Waals surface area contributed by atoms with E-state index in [-0.39, 0.29) is 11.2 Å². The van der Waals surface area contributed by atoms with E-state index in [0.717, 1.165) is 13.1 Å². The van der Waals surface area contributed by atoms with Gasteiger partial charge in [0.15, 0.2) is 0 Å². The van der Waals surface area contributed by atoms with Crippen molar-refractivity contribution in [3.05, 3.63) is 35.4 Å². The lowest BCUT2D eigenvalue weighted by atomic mass is 9.87. The van der Waals surface area contributed by atoms with Crippen molar-refractivity contribution in [2.75, 3.05) is 6.54 Å². The number of nitrogens with one attached hydrogen (secondary N) is 1. The second-order valence-corrected chi connectivity index (χ2v) is 5.58. The first-order valence-corrected chi connectivity index (χ1v) is 6.19. The SMILES string of the molecule is CC(=O)CCNCc1ccc(C(C)(C)C)cc1. The van der Waals surface area contributed by atoms with Crippen molar-refractivity contribution >= 4 is 5.78 Å². The van der Waals surface area contributed by atoms with Crippen LogP contribution >= 0.6 is 0 Å². The van der Waals surface area contributed by atoms with Crippen molar-refractivity contribution in [2.45, 2.75) is 46.1 Å². The first kappa shape index (κ1) is 13.9. The van der Waals surface area contributed by atoms with Gasteiger partial charge in [0.1, 0.15) is 5.78 Å². The number of hydrogen-bond donors (Lipinski definition) is 1. The Kier molecular flexibility index (Phi) is 4.88. The summed E-state index contributed by atoms with van der Waals surface area (Å²) in [6.07, 6.45) is 0.611. The zero-order valence-electron chi connectivity index (χ0n) is 11.3. The molecule has 0 saturated carbocycles. The molecule has 0 bridgehead atoms. The Morgan fingerprint density at radius 2 is 1.76 bits per heavy atom. The Morgan fingerprint density at radius 1 is 1.18 bits per heavy atom. The summed E-state index contributed by atoms with van der Waals surface area (Å²) in [5.41, 5.74) is 2.83. The van der Waals surface area contributed by atoms with Gasteiger partial charge in [0, 0.05) is 19.5 Å². The van der Waals surface area contributed by atoms with Crippen LogP contribution in [0, 0.1) is 0 Å². The molecule has 1 aromatic rings. The van der Waals surface area contributed by atoms with E-state index in [9.17, 15) is 4.79 Å². The van der Waals surface area contributed by atoms with Crippen LogP contribution in [0.1, 0.15) is 45.2 Å². The monoisotopic (exact) mass is 233 g/mol. The summed E-state index contributed by atoms with van der Waals surface area (Å²) in [5, 5.41) is 3.27. The molecule has 94 valence electrons. The minimum atomic E-state index is 0.209. The highest BCUT2D eigenvalue weighted by molar-refractivity contribution is 5.75. The van der Waals surface area contributed by atoms with Crippen LogP contribution in [-0.4, -0.2) is 12.3 Å². The maximum Gasteiger partial charge on any atom is 0.131 e. The summed E-state index contributed by atoms with van der Waals surface area (Å²) < 4.78 is 0. The van der Waals surface area contributed by atoms with Gasteiger partial charge in [-0.3, -0.25) is 4.79 Å². The van der Waals surface area contributed by atoms with Crippen LogP contribution in [0.5, 0.6) is 0 Å². The molecule has 0 fully saturated rings. The normalized spacial score (nSPS) is 11.5. The first-order valence-electron chi connectivity index (χ1n) is 6.19. The van der Waals surface area contributed by atoms with Crippen LogP contribution in [0.25, 0.3) is 0 Å². The van der Waals surface area contributed by atoms with Gasteiger partial charge >= 0.3 is 0 Å². The molecule has 0 heterocycles. The Morgan fingerprint density at radius 3 is 2.24 bits per heavy atom. The van der Waals surface area contributed by atoms with Crippen molar-refractivity contribution in [2.24, 2.45) is 0 Å². The number of Topliss-reactive ketones (excluding diaryl/α,β-unsaturated/α-hetero) is 1. The topological polar surface area (TPSA) is 29.1 Å². The minimum Gasteiger partial charge on any atom is -0.312 e. The fourth-order valence-corrected chi connectivity index (χ4v) is 1.62. The van der Waals surface area contributed by atoms with Gasteiger partial charge in [-0.15, -0.1) is 0 Å². The molecule has 2 nitrogen and oxygen atoms in total. The summed E-state index contributed by atoms with van der Waals surface area (Å²) in [6, 6.07) is 8.67. The smallest absolute Gasteiger partial charge is 0.131 e. The average Bonchev–Trinajstić information content (AvgIpc) is 2.23. The second-order valence-electron chi connectivity index (χ2n) is 5.58. The predicted octanol–water partition coefficient (Wildman–Crippen LogP) is 3.05. The van der Waals surface area contributed by atoms with Gasteiger partial charge in [0.2, 0.25) is 0 Å². The van der Waals surface area contributed by atoms with Crippen LogP contribution in [0.4, 0.5) is 0 Å². The predicted molar refractivity (Wildman–Crippen MR) is 72.1 cm³/mol. The van der Waals surface area contributed by atoms with Crippen molar-refractivity contribution < 1.29 is 4.79 Å². The summed E-state index contributed by atoms with van der Waals surface area (Å²) in [7, 11) is 0. The molecule has 2 heteroatoms. The van der Waals surface area contributed by atoms with Gasteiger partial charge in [0.05, 0.1) is 0 Å². The lowest BCUT2D eigenvalue weighted by molar-refractivity contribution is -0.116. The molecular formula is C15H23NO. The van der Waals surface area contributed by atoms with Gasteiger partial charge < -0.3 is 5.32 Å². The van der Waals surface area contributed by atoms with E-state index in [1.165, 1.54) is 11.1 Å². The van der Waals surface area contributed by atoms with Gasteiger partial charge in [-0.05, 0) is 23.5 Å². The van der Waals surface area contributed by atoms with E-state index >= 15 is 0 Å². The molecule has 0 amide bonds. The van der Waals surface area contributed by atoms with Gasteiger partial charge in [-0.1, -0.05) is 45.0 Å². The Bertz CT molecular complexity index is 360. The van der Waals surface area contributed by atoms with Crippen LogP contribution in [0.2, 0.25) is 0 Å². The van der Waals surface area contributed by atoms with Crippen molar-refractivity contribution in [3.63, 3.8) is 0 Å². The summed E-state index contributed by atoms with van der Waals surface area (Å²) in [5.74, 6) is 0.237. The number of rotatable bonds is 5. The van der Waals surface area contributed by atoms with E-state index in [1.807, 2.05) is 0 Å². The largest absolute Gasteiger partial charge is 0.312 e. The number of carbonyl (C=O) groups is 1. The van der Waals surface area contributed by atoms with Crippen molar-refractivity contribution in [3.8, 4) is 0 Å². The molecular weight excluding hydrogens is 210 g/mol. The molecule has 17 heavy (non-hydrogen) atoms. The summed E-state index contributed by atoms with van der Waals surface area (Å²) in [4.78, 5) is 10.8. The van der Waals surface area contributed by atoms with Crippen molar-refractivity contribution in [1.29, 1.82) is 0 Å². The molecule has 0 unspecified atom stereocenters. The molecule has 0 radical (unpaired) electrons. The van der Waals surface area contributed by atoms with E-state index in [1.54, 1.807) is 6.92 Å². The third-order valence-corrected chi connectivity index (χ3v) is 2.80. The van der Waals surface area contributed by atoms with E-state index < -0.39 is 0 Å². The number of ketones is 1. The molecule has 0 aliphatic rings. The highest BCUT2D eigenvalue weighted by atomic mass is 16.1. The lowest BCUT2D eigenvalue weighted by Crippen LogP contribution is -2.17. The van der Waals surface area contributed by atoms with E-state index in [0.29, 0.717) is 6.42 Å². The van der Waals surface area contributed by atoms with Gasteiger partial charge in [0.25, 0.3) is 0 Å². The van der Waals surface area contributed by atoms with E-state index in [2.05, 4.69) is 50.4 Å². The van der Waals surface area contributed by atoms with Crippen LogP contribution < -0.4 is 5.32 Å². The molecule has 1 rings (SSSR count). The highest BCUT2D eigenvalue weighted by Gasteiger charge is 2.12. The zero-order chi connectivity index (χ0) is 12.9. The standard InChI is InChI=1S/C15H23NO/c1-12(17)9-10-16-11-13-5-7-14(8-6-13)15(2,3)4/h5-8,16H,9-11H2,1-4H3. The fourth-order valence-electron chi connectivity index (χ4n) is 1.62. The average molecular weight is 233 g/mol. The maximum absolute atomic E-state index is 10.8. The molecule has 1 aromatic carbocycles. The molecule has 0 spiro atoms. The van der Waals surface area contributed by atoms with Crippen LogP contribution in [0.3, 0.4) is 0 Å². The molecule has 0 aliphatic heterocycles. The Hall–Kier alpha value is -1.15. The number of hydrogen-bond acceptors (Lipinski definition) is 2. The molecule has 0 saturated heterocycles. The van der Waals surface area contributed by atoms with Crippen LogP contribution in [-0.2, 0) is 16.8 Å². The Labute approximate surface area is 104 Å². The van der Waals surface area contributed by atoms with Gasteiger partial charge in [-0.2, -0.15) is 0 Å². The second kappa shape index (κ2) is 5.97. The number of benzene rings is 1. The zero-order valence-corrected chi connectivity index (χ0v) is 11.3. The molecule has 0 aliphatic carbocycles. The van der Waals surface area contributed by atoms with Crippen molar-refractivity contribution in [1.82, 2.24) is 5.32 Å². The quantitative estimate of drug-likeness (QED) is 0.792. The van der Waals surface area contributed by atoms with E-state index in [4.69, 9.17) is 0 Å². The van der Waals surface area contributed by atoms with Crippen LogP contribution in [0.15, 0.2) is 24.3 Å². The Balaban J connectivity index is 2.43. The first-order chi connectivity index (χ1) is 7.89.